The Balaban J connectivity index is 2.05. The first kappa shape index (κ1) is 14.9. The Morgan fingerprint density at radius 3 is 2.90 bits per heavy atom. The second kappa shape index (κ2) is 6.32. The molecule has 0 saturated heterocycles. The van der Waals surface area contributed by atoms with Gasteiger partial charge in [0.15, 0.2) is 5.78 Å². The summed E-state index contributed by atoms with van der Waals surface area (Å²) in [6.07, 6.45) is 5.80. The quantitative estimate of drug-likeness (QED) is 0.634. The Morgan fingerprint density at radius 2 is 2.35 bits per heavy atom. The number of thioether (sulfide) groups is 1. The maximum absolute atomic E-state index is 11.5. The molecule has 0 radical (unpaired) electrons. The summed E-state index contributed by atoms with van der Waals surface area (Å²) in [7, 11) is 0. The van der Waals surface area contributed by atoms with Gasteiger partial charge in [-0.1, -0.05) is 0 Å². The predicted octanol–water partition coefficient (Wildman–Crippen LogP) is 2.87. The Hall–Kier alpha value is -1.47. The molecule has 0 aliphatic rings. The molecule has 0 aliphatic heterocycles. The van der Waals surface area contributed by atoms with Crippen LogP contribution >= 0.6 is 23.1 Å². The Labute approximate surface area is 126 Å². The second-order valence-electron chi connectivity index (χ2n) is 4.47. The summed E-state index contributed by atoms with van der Waals surface area (Å²) in [6, 6.07) is 0. The summed E-state index contributed by atoms with van der Waals surface area (Å²) in [5, 5.41) is 8.54. The molecule has 0 aromatic carbocycles. The number of anilines is 2. The number of aromatic nitrogens is 2. The van der Waals surface area contributed by atoms with E-state index < -0.39 is 0 Å². The molecule has 0 saturated carbocycles. The first-order valence-corrected chi connectivity index (χ1v) is 8.27. The van der Waals surface area contributed by atoms with Crippen molar-refractivity contribution < 1.29 is 4.79 Å². The van der Waals surface area contributed by atoms with Crippen molar-refractivity contribution in [2.24, 2.45) is 0 Å². The summed E-state index contributed by atoms with van der Waals surface area (Å²) >= 11 is 2.98. The van der Waals surface area contributed by atoms with E-state index in [4.69, 9.17) is 5.73 Å². The van der Waals surface area contributed by atoms with Gasteiger partial charge in [-0.25, -0.2) is 0 Å². The number of Topliss-reactive ketones (excluding diaryl/α,β-unsaturated/α-hetero) is 1. The predicted molar refractivity (Wildman–Crippen MR) is 86.0 cm³/mol. The second-order valence-corrected chi connectivity index (χ2v) is 6.31. The minimum absolute atomic E-state index is 0.0125. The standard InChI is InChI=1S/C13H18N4OS2/c1-8-6-16-17(7-8)5-4-15-13-12(19-3)10(14)11(20-13)9(2)18/h6-7,15H,4-5,14H2,1-3H3. The molecule has 0 fully saturated rings. The van der Waals surface area contributed by atoms with E-state index in [1.54, 1.807) is 18.7 Å². The van der Waals surface area contributed by atoms with Crippen molar-refractivity contribution in [3.63, 3.8) is 0 Å². The fraction of sp³-hybridized carbons (Fsp3) is 0.385. The summed E-state index contributed by atoms with van der Waals surface area (Å²) in [6.45, 7) is 5.07. The average Bonchev–Trinajstić information content (AvgIpc) is 2.94. The highest BCUT2D eigenvalue weighted by atomic mass is 32.2. The lowest BCUT2D eigenvalue weighted by molar-refractivity contribution is 0.102. The van der Waals surface area contributed by atoms with Crippen LogP contribution in [-0.4, -0.2) is 28.4 Å². The molecule has 5 nitrogen and oxygen atoms in total. The lowest BCUT2D eigenvalue weighted by Crippen LogP contribution is -2.10. The van der Waals surface area contributed by atoms with Crippen LogP contribution in [0.2, 0.25) is 0 Å². The minimum atomic E-state index is 0.0125. The van der Waals surface area contributed by atoms with Gasteiger partial charge < -0.3 is 11.1 Å². The number of nitrogens with two attached hydrogens (primary N) is 1. The van der Waals surface area contributed by atoms with Gasteiger partial charge in [-0.05, 0) is 18.7 Å². The average molecular weight is 310 g/mol. The van der Waals surface area contributed by atoms with Crippen molar-refractivity contribution in [2.75, 3.05) is 23.9 Å². The van der Waals surface area contributed by atoms with E-state index in [0.717, 1.165) is 28.5 Å². The molecule has 0 amide bonds. The molecule has 20 heavy (non-hydrogen) atoms. The molecule has 0 bridgehead atoms. The topological polar surface area (TPSA) is 72.9 Å². The Bertz CT molecular complexity index is 618. The van der Waals surface area contributed by atoms with Gasteiger partial charge in [0.25, 0.3) is 0 Å². The molecular formula is C13H18N4OS2. The van der Waals surface area contributed by atoms with Gasteiger partial charge in [0.2, 0.25) is 0 Å². The highest BCUT2D eigenvalue weighted by Crippen LogP contribution is 2.41. The summed E-state index contributed by atoms with van der Waals surface area (Å²) in [4.78, 5) is 13.1. The van der Waals surface area contributed by atoms with Gasteiger partial charge in [-0.2, -0.15) is 5.10 Å². The van der Waals surface area contributed by atoms with E-state index in [1.165, 1.54) is 11.3 Å². The lowest BCUT2D eigenvalue weighted by atomic mass is 10.3. The van der Waals surface area contributed by atoms with Crippen molar-refractivity contribution in [3.05, 3.63) is 22.8 Å². The molecule has 0 atom stereocenters. The monoisotopic (exact) mass is 310 g/mol. The number of thiophene rings is 1. The molecule has 0 spiro atoms. The molecule has 3 N–H and O–H groups in total. The van der Waals surface area contributed by atoms with Crippen molar-refractivity contribution in [2.45, 2.75) is 25.3 Å². The van der Waals surface area contributed by atoms with Crippen molar-refractivity contribution >= 4 is 39.6 Å². The van der Waals surface area contributed by atoms with Crippen LogP contribution in [0.25, 0.3) is 0 Å². The van der Waals surface area contributed by atoms with E-state index in [0.29, 0.717) is 10.6 Å². The van der Waals surface area contributed by atoms with Crippen LogP contribution in [0.3, 0.4) is 0 Å². The van der Waals surface area contributed by atoms with Crippen LogP contribution in [0.15, 0.2) is 17.3 Å². The Kier molecular flexibility index (Phi) is 4.72. The molecule has 7 heteroatoms. The zero-order valence-corrected chi connectivity index (χ0v) is 13.4. The highest BCUT2D eigenvalue weighted by molar-refractivity contribution is 7.99. The lowest BCUT2D eigenvalue weighted by Gasteiger charge is -2.06. The smallest absolute Gasteiger partial charge is 0.171 e. The number of carbonyl (C=O) groups is 1. The molecule has 2 heterocycles. The van der Waals surface area contributed by atoms with Gasteiger partial charge in [0.1, 0.15) is 5.00 Å². The SMILES string of the molecule is CSc1c(NCCn2cc(C)cn2)sc(C(C)=O)c1N. The highest BCUT2D eigenvalue weighted by Gasteiger charge is 2.17. The first-order valence-electron chi connectivity index (χ1n) is 6.23. The maximum Gasteiger partial charge on any atom is 0.171 e. The number of nitrogens with zero attached hydrogens (tertiary/aromatic N) is 2. The van der Waals surface area contributed by atoms with Gasteiger partial charge in [0.05, 0.1) is 28.2 Å². The van der Waals surface area contributed by atoms with Crippen LogP contribution in [0, 0.1) is 6.92 Å². The summed E-state index contributed by atoms with van der Waals surface area (Å²) in [5.41, 5.74) is 7.75. The number of hydrogen-bond donors (Lipinski definition) is 2. The van der Waals surface area contributed by atoms with Crippen LogP contribution in [0.4, 0.5) is 10.7 Å². The van der Waals surface area contributed by atoms with Crippen molar-refractivity contribution in [3.8, 4) is 0 Å². The molecule has 2 rings (SSSR count). The van der Waals surface area contributed by atoms with Crippen molar-refractivity contribution in [1.82, 2.24) is 9.78 Å². The van der Waals surface area contributed by atoms with E-state index in [2.05, 4.69) is 10.4 Å². The van der Waals surface area contributed by atoms with Gasteiger partial charge >= 0.3 is 0 Å². The number of ketones is 1. The van der Waals surface area contributed by atoms with E-state index in [-0.39, 0.29) is 5.78 Å². The molecule has 0 unspecified atom stereocenters. The zero-order valence-electron chi connectivity index (χ0n) is 11.8. The third-order valence-corrected chi connectivity index (χ3v) is 5.04. The van der Waals surface area contributed by atoms with Crippen molar-refractivity contribution in [1.29, 1.82) is 0 Å². The third kappa shape index (κ3) is 3.16. The molecular weight excluding hydrogens is 292 g/mol. The van der Waals surface area contributed by atoms with E-state index >= 15 is 0 Å². The summed E-state index contributed by atoms with van der Waals surface area (Å²) in [5.74, 6) is 0.0125. The minimum Gasteiger partial charge on any atom is -0.396 e. The normalized spacial score (nSPS) is 10.8. The maximum atomic E-state index is 11.5. The summed E-state index contributed by atoms with van der Waals surface area (Å²) < 4.78 is 1.89. The van der Waals surface area contributed by atoms with Crippen LogP contribution in [0.1, 0.15) is 22.2 Å². The van der Waals surface area contributed by atoms with Gasteiger partial charge in [-0.3, -0.25) is 9.48 Å². The zero-order chi connectivity index (χ0) is 14.7. The molecule has 2 aromatic heterocycles. The fourth-order valence-electron chi connectivity index (χ4n) is 1.88. The molecule has 0 aliphatic carbocycles. The van der Waals surface area contributed by atoms with Crippen LogP contribution < -0.4 is 11.1 Å². The number of carbonyl (C=O) groups excluding carboxylic acids is 1. The van der Waals surface area contributed by atoms with E-state index in [1.807, 2.05) is 30.3 Å². The number of nitrogens with one attached hydrogen (secondary N) is 1. The Morgan fingerprint density at radius 1 is 1.60 bits per heavy atom. The third-order valence-electron chi connectivity index (χ3n) is 2.81. The fourth-order valence-corrected chi connectivity index (χ4v) is 3.84. The molecule has 2 aromatic rings. The molecule has 108 valence electrons. The van der Waals surface area contributed by atoms with Gasteiger partial charge in [-0.15, -0.1) is 23.1 Å². The number of nitrogen functional groups attached to an aromatic ring is 1. The number of hydrogen-bond acceptors (Lipinski definition) is 6. The van der Waals surface area contributed by atoms with E-state index in [9.17, 15) is 4.79 Å². The number of aryl methyl sites for hydroxylation is 1. The number of rotatable bonds is 6. The van der Waals surface area contributed by atoms with Crippen LogP contribution in [0.5, 0.6) is 0 Å². The van der Waals surface area contributed by atoms with Gasteiger partial charge in [0, 0.05) is 19.7 Å². The largest absolute Gasteiger partial charge is 0.396 e. The first-order chi connectivity index (χ1) is 9.52. The van der Waals surface area contributed by atoms with Crippen LogP contribution in [-0.2, 0) is 6.54 Å².